The first-order valence-corrected chi connectivity index (χ1v) is 2.80. The molecule has 40 valence electrons. The van der Waals surface area contributed by atoms with Gasteiger partial charge >= 0.3 is 0 Å². The maximum atomic E-state index is 5.11. The zero-order valence-corrected chi connectivity index (χ0v) is 6.63. The van der Waals surface area contributed by atoms with Crippen molar-refractivity contribution in [2.75, 3.05) is 11.9 Å². The van der Waals surface area contributed by atoms with E-state index in [1.807, 2.05) is 0 Å². The van der Waals surface area contributed by atoms with Crippen LogP contribution in [0, 0.1) is 0 Å². The molecule has 0 radical (unpaired) electrons. The summed E-state index contributed by atoms with van der Waals surface area (Å²) in [5.74, 6) is 0. The van der Waals surface area contributed by atoms with E-state index in [4.69, 9.17) is 5.73 Å². The molecule has 0 unspecified atom stereocenters. The first-order chi connectivity index (χ1) is 2.41. The number of hydrogen-bond acceptors (Lipinski definition) is 1. The Hall–Kier alpha value is 0.920. The van der Waals surface area contributed by atoms with Gasteiger partial charge in [0.15, 0.2) is 0 Å². The topological polar surface area (TPSA) is 26.0 Å². The normalized spacial score (nSPS) is 7.00. The molecule has 0 fully saturated rings. The summed E-state index contributed by atoms with van der Waals surface area (Å²) in [4.78, 5) is 0. The third kappa shape index (κ3) is 8.87. The van der Waals surface area contributed by atoms with Crippen molar-refractivity contribution in [2.24, 2.45) is 5.73 Å². The van der Waals surface area contributed by atoms with Gasteiger partial charge in [0.1, 0.15) is 0 Å². The summed E-state index contributed by atoms with van der Waals surface area (Å²) in [5, 5.41) is 1.03. The molecule has 0 aromatic rings. The highest BCUT2D eigenvalue weighted by Crippen LogP contribution is 1.80. The quantitative estimate of drug-likeness (QED) is 0.520. The summed E-state index contributed by atoms with van der Waals surface area (Å²) in [7, 11) is 0. The average Bonchev–Trinajstić information content (AvgIpc) is 1.41. The van der Waals surface area contributed by atoms with E-state index in [2.05, 4.69) is 15.9 Å². The lowest BCUT2D eigenvalue weighted by Gasteiger charge is -1.78. The van der Waals surface area contributed by atoms with Crippen LogP contribution in [0.15, 0.2) is 0 Å². The van der Waals surface area contributed by atoms with Gasteiger partial charge in [-0.2, -0.15) is 0 Å². The largest absolute Gasteiger partial charge is 1.00 e. The molecule has 0 rings (SSSR count). The Labute approximate surface area is 57.2 Å². The molecule has 0 aromatic heterocycles. The molecular formula is C3H8Br2N-. The van der Waals surface area contributed by atoms with Gasteiger partial charge in [0.2, 0.25) is 0 Å². The monoisotopic (exact) mass is 216 g/mol. The average molecular weight is 218 g/mol. The van der Waals surface area contributed by atoms with Crippen molar-refractivity contribution in [3.63, 3.8) is 0 Å². The highest BCUT2D eigenvalue weighted by molar-refractivity contribution is 9.09. The molecule has 0 saturated carbocycles. The first kappa shape index (κ1) is 10.0. The molecule has 0 aliphatic rings. The molecule has 0 heterocycles. The lowest BCUT2D eigenvalue weighted by atomic mass is 10.5. The minimum Gasteiger partial charge on any atom is -1.00 e. The number of hydrogen-bond donors (Lipinski definition) is 1. The van der Waals surface area contributed by atoms with E-state index < -0.39 is 0 Å². The minimum atomic E-state index is 0. The fourth-order valence-electron chi connectivity index (χ4n) is 0.0772. The van der Waals surface area contributed by atoms with Crippen LogP contribution in [0.2, 0.25) is 0 Å². The summed E-state index contributed by atoms with van der Waals surface area (Å²) in [6.07, 6.45) is 1.08. The van der Waals surface area contributed by atoms with Crippen LogP contribution in [0.25, 0.3) is 0 Å². The molecule has 0 aromatic carbocycles. The van der Waals surface area contributed by atoms with E-state index in [0.29, 0.717) is 0 Å². The highest BCUT2D eigenvalue weighted by Gasteiger charge is 1.69. The van der Waals surface area contributed by atoms with E-state index >= 15 is 0 Å². The fourth-order valence-corrected chi connectivity index (χ4v) is 0.401. The second kappa shape index (κ2) is 9.33. The molecular weight excluding hydrogens is 210 g/mol. The van der Waals surface area contributed by atoms with Crippen LogP contribution in [0.5, 0.6) is 0 Å². The van der Waals surface area contributed by atoms with Gasteiger partial charge in [-0.15, -0.1) is 0 Å². The molecule has 0 aliphatic carbocycles. The van der Waals surface area contributed by atoms with Crippen molar-refractivity contribution in [1.82, 2.24) is 0 Å². The predicted octanol–water partition coefficient (Wildman–Crippen LogP) is -2.27. The van der Waals surface area contributed by atoms with Gasteiger partial charge in [-0.05, 0) is 13.0 Å². The van der Waals surface area contributed by atoms with Gasteiger partial charge in [0.25, 0.3) is 0 Å². The highest BCUT2D eigenvalue weighted by atomic mass is 79.9. The molecule has 0 atom stereocenters. The van der Waals surface area contributed by atoms with Gasteiger partial charge in [0, 0.05) is 5.33 Å². The summed E-state index contributed by atoms with van der Waals surface area (Å²) < 4.78 is 0. The third-order valence-electron chi connectivity index (χ3n) is 0.338. The van der Waals surface area contributed by atoms with Crippen molar-refractivity contribution in [3.8, 4) is 0 Å². The Balaban J connectivity index is 0. The Morgan fingerprint density at radius 3 is 2.00 bits per heavy atom. The van der Waals surface area contributed by atoms with Crippen molar-refractivity contribution in [1.29, 1.82) is 0 Å². The van der Waals surface area contributed by atoms with Crippen molar-refractivity contribution >= 4 is 15.9 Å². The van der Waals surface area contributed by atoms with E-state index in [0.717, 1.165) is 18.3 Å². The Kier molecular flexibility index (Phi) is 15.6. The van der Waals surface area contributed by atoms with Crippen molar-refractivity contribution in [3.05, 3.63) is 0 Å². The van der Waals surface area contributed by atoms with Crippen molar-refractivity contribution in [2.45, 2.75) is 6.42 Å². The predicted molar refractivity (Wildman–Crippen MR) is 27.5 cm³/mol. The standard InChI is InChI=1S/C3H8BrN.BrH/c4-2-1-3-5;/h1-3,5H2;1H/p-1. The Morgan fingerprint density at radius 1 is 1.50 bits per heavy atom. The van der Waals surface area contributed by atoms with Crippen LogP contribution in [-0.2, 0) is 0 Å². The second-order valence-electron chi connectivity index (χ2n) is 0.831. The number of halogens is 2. The summed E-state index contributed by atoms with van der Waals surface area (Å²) >= 11 is 3.23. The maximum Gasteiger partial charge on any atom is 0.00433 e. The van der Waals surface area contributed by atoms with Gasteiger partial charge < -0.3 is 22.7 Å². The van der Waals surface area contributed by atoms with Crippen LogP contribution in [0.3, 0.4) is 0 Å². The molecule has 3 heteroatoms. The molecule has 0 amide bonds. The number of alkyl halides is 1. The first-order valence-electron chi connectivity index (χ1n) is 1.68. The summed E-state index contributed by atoms with van der Waals surface area (Å²) in [6.45, 7) is 0.797. The number of nitrogens with two attached hydrogens (primary N) is 1. The summed E-state index contributed by atoms with van der Waals surface area (Å²) in [6, 6.07) is 0. The molecule has 0 saturated heterocycles. The minimum absolute atomic E-state index is 0. The van der Waals surface area contributed by atoms with Crippen molar-refractivity contribution < 1.29 is 17.0 Å². The van der Waals surface area contributed by atoms with E-state index in [1.54, 1.807) is 0 Å². The molecule has 6 heavy (non-hydrogen) atoms. The second-order valence-corrected chi connectivity index (χ2v) is 1.62. The van der Waals surface area contributed by atoms with Crippen LogP contribution in [-0.4, -0.2) is 11.9 Å². The van der Waals surface area contributed by atoms with Gasteiger partial charge in [0.05, 0.1) is 0 Å². The third-order valence-corrected chi connectivity index (χ3v) is 0.898. The van der Waals surface area contributed by atoms with Crippen LogP contribution >= 0.6 is 15.9 Å². The van der Waals surface area contributed by atoms with E-state index in [-0.39, 0.29) is 17.0 Å². The summed E-state index contributed by atoms with van der Waals surface area (Å²) in [5.41, 5.74) is 5.11. The van der Waals surface area contributed by atoms with E-state index in [1.165, 1.54) is 0 Å². The van der Waals surface area contributed by atoms with E-state index in [9.17, 15) is 0 Å². The SMILES string of the molecule is NCCCBr.[Br-]. The molecule has 2 N–H and O–H groups in total. The van der Waals surface area contributed by atoms with Gasteiger partial charge in [-0.25, -0.2) is 0 Å². The molecule has 0 aliphatic heterocycles. The Morgan fingerprint density at radius 2 is 2.00 bits per heavy atom. The molecule has 0 bridgehead atoms. The number of rotatable bonds is 2. The zero-order chi connectivity index (χ0) is 4.12. The van der Waals surface area contributed by atoms with Crippen LogP contribution < -0.4 is 22.7 Å². The lowest BCUT2D eigenvalue weighted by molar-refractivity contribution is -0.00000109. The zero-order valence-electron chi connectivity index (χ0n) is 3.45. The molecule has 0 spiro atoms. The van der Waals surface area contributed by atoms with Crippen LogP contribution in [0.1, 0.15) is 6.42 Å². The maximum absolute atomic E-state index is 5.11. The van der Waals surface area contributed by atoms with Gasteiger partial charge in [-0.3, -0.25) is 0 Å². The van der Waals surface area contributed by atoms with Gasteiger partial charge in [-0.1, -0.05) is 15.9 Å². The van der Waals surface area contributed by atoms with Crippen LogP contribution in [0.4, 0.5) is 0 Å². The lowest BCUT2D eigenvalue weighted by Crippen LogP contribution is -3.00. The smallest absolute Gasteiger partial charge is 0.00433 e. The molecule has 1 nitrogen and oxygen atoms in total. The fraction of sp³-hybridized carbons (Fsp3) is 1.00. The Bertz CT molecular complexity index is 16.3.